The van der Waals surface area contributed by atoms with Crippen molar-refractivity contribution in [1.82, 2.24) is 9.88 Å². The molecule has 0 spiro atoms. The normalized spacial score (nSPS) is 10.1. The van der Waals surface area contributed by atoms with Crippen LogP contribution < -0.4 is 5.32 Å². The first-order valence-electron chi connectivity index (χ1n) is 5.72. The van der Waals surface area contributed by atoms with E-state index in [1.54, 1.807) is 23.9 Å². The molecular weight excluding hydrogens is 234 g/mol. The van der Waals surface area contributed by atoms with Gasteiger partial charge in [-0.2, -0.15) is 5.26 Å². The zero-order valence-corrected chi connectivity index (χ0v) is 10.3. The molecule has 6 heteroatoms. The molecule has 1 aromatic heterocycles. The number of rotatable bonds is 7. The maximum atomic E-state index is 11.8. The first-order chi connectivity index (χ1) is 8.69. The summed E-state index contributed by atoms with van der Waals surface area (Å²) >= 11 is 0. The highest BCUT2D eigenvalue weighted by molar-refractivity contribution is 5.93. The number of aromatic nitrogens is 1. The van der Waals surface area contributed by atoms with E-state index < -0.39 is 0 Å². The maximum Gasteiger partial charge on any atom is 0.267 e. The molecule has 1 aromatic rings. The van der Waals surface area contributed by atoms with Crippen molar-refractivity contribution in [3.05, 3.63) is 23.5 Å². The number of carbonyl (C=O) groups excluding carboxylic acids is 1. The summed E-state index contributed by atoms with van der Waals surface area (Å²) in [7, 11) is 1.72. The van der Waals surface area contributed by atoms with E-state index in [1.165, 1.54) is 0 Å². The quantitative estimate of drug-likeness (QED) is 0.669. The van der Waals surface area contributed by atoms with Crippen LogP contribution in [0.15, 0.2) is 12.3 Å². The largest absolute Gasteiger partial charge is 0.394 e. The molecule has 1 heterocycles. The second kappa shape index (κ2) is 7.48. The van der Waals surface area contributed by atoms with E-state index in [2.05, 4.69) is 5.32 Å². The Kier molecular flexibility index (Phi) is 5.91. The second-order valence-corrected chi connectivity index (χ2v) is 3.78. The van der Waals surface area contributed by atoms with E-state index in [0.717, 1.165) is 0 Å². The molecule has 0 saturated carbocycles. The van der Waals surface area contributed by atoms with Crippen LogP contribution in [0.4, 0.5) is 0 Å². The summed E-state index contributed by atoms with van der Waals surface area (Å²) in [6.07, 6.45) is 2.29. The highest BCUT2D eigenvalue weighted by Crippen LogP contribution is 2.05. The van der Waals surface area contributed by atoms with Gasteiger partial charge < -0.3 is 19.7 Å². The van der Waals surface area contributed by atoms with Crippen molar-refractivity contribution in [2.24, 2.45) is 7.05 Å². The van der Waals surface area contributed by atoms with Gasteiger partial charge in [-0.15, -0.1) is 0 Å². The SMILES string of the molecule is Cn1cc(C#N)cc1C(=O)NCCCOCCO. The number of nitrogens with zero attached hydrogens (tertiary/aromatic N) is 2. The van der Waals surface area contributed by atoms with Crippen molar-refractivity contribution in [2.45, 2.75) is 6.42 Å². The minimum Gasteiger partial charge on any atom is -0.394 e. The molecule has 1 rings (SSSR count). The molecule has 0 aliphatic carbocycles. The Morgan fingerprint density at radius 2 is 2.39 bits per heavy atom. The minimum absolute atomic E-state index is 0.00659. The average Bonchev–Trinajstić information content (AvgIpc) is 2.75. The summed E-state index contributed by atoms with van der Waals surface area (Å²) in [6.45, 7) is 1.32. The summed E-state index contributed by atoms with van der Waals surface area (Å²) in [6, 6.07) is 3.54. The Morgan fingerprint density at radius 1 is 1.61 bits per heavy atom. The smallest absolute Gasteiger partial charge is 0.267 e. The van der Waals surface area contributed by atoms with Gasteiger partial charge >= 0.3 is 0 Å². The van der Waals surface area contributed by atoms with E-state index in [0.29, 0.717) is 37.4 Å². The molecule has 0 aliphatic rings. The number of nitrogens with one attached hydrogen (secondary N) is 1. The van der Waals surface area contributed by atoms with Gasteiger partial charge in [0.2, 0.25) is 0 Å². The molecule has 0 saturated heterocycles. The molecule has 0 bridgehead atoms. The summed E-state index contributed by atoms with van der Waals surface area (Å²) in [5.74, 6) is -0.207. The fourth-order valence-electron chi connectivity index (χ4n) is 1.48. The number of nitriles is 1. The van der Waals surface area contributed by atoms with Crippen molar-refractivity contribution in [3.8, 4) is 6.07 Å². The molecule has 0 aromatic carbocycles. The Morgan fingerprint density at radius 3 is 3.00 bits per heavy atom. The van der Waals surface area contributed by atoms with E-state index in [1.807, 2.05) is 6.07 Å². The molecule has 0 aliphatic heterocycles. The molecule has 6 nitrogen and oxygen atoms in total. The molecule has 98 valence electrons. The van der Waals surface area contributed by atoms with E-state index >= 15 is 0 Å². The van der Waals surface area contributed by atoms with Gasteiger partial charge in [-0.3, -0.25) is 4.79 Å². The highest BCUT2D eigenvalue weighted by atomic mass is 16.5. The van der Waals surface area contributed by atoms with E-state index in [-0.39, 0.29) is 12.5 Å². The molecule has 2 N–H and O–H groups in total. The van der Waals surface area contributed by atoms with Gasteiger partial charge in [0, 0.05) is 26.4 Å². The summed E-state index contributed by atoms with van der Waals surface area (Å²) in [5, 5.41) is 20.0. The molecule has 0 atom stereocenters. The predicted molar refractivity (Wildman–Crippen MR) is 65.0 cm³/mol. The fraction of sp³-hybridized carbons (Fsp3) is 0.500. The lowest BCUT2D eigenvalue weighted by Crippen LogP contribution is -2.27. The van der Waals surface area contributed by atoms with Crippen LogP contribution >= 0.6 is 0 Å². The third-order valence-corrected chi connectivity index (χ3v) is 2.35. The van der Waals surface area contributed by atoms with Gasteiger partial charge in [0.05, 0.1) is 18.8 Å². The first kappa shape index (κ1) is 14.2. The monoisotopic (exact) mass is 251 g/mol. The number of ether oxygens (including phenoxy) is 1. The van der Waals surface area contributed by atoms with Crippen LogP contribution in [0.2, 0.25) is 0 Å². The lowest BCUT2D eigenvalue weighted by Gasteiger charge is -2.06. The number of hydrogen-bond acceptors (Lipinski definition) is 4. The van der Waals surface area contributed by atoms with Crippen LogP contribution in [0.5, 0.6) is 0 Å². The number of aliphatic hydroxyl groups is 1. The number of carbonyl (C=O) groups is 1. The van der Waals surface area contributed by atoms with Gasteiger partial charge in [0.15, 0.2) is 0 Å². The topological polar surface area (TPSA) is 87.3 Å². The van der Waals surface area contributed by atoms with Crippen LogP contribution in [-0.2, 0) is 11.8 Å². The van der Waals surface area contributed by atoms with Gasteiger partial charge in [0.1, 0.15) is 11.8 Å². The number of amides is 1. The third kappa shape index (κ3) is 4.20. The number of aliphatic hydroxyl groups excluding tert-OH is 1. The summed E-state index contributed by atoms with van der Waals surface area (Å²) in [5.41, 5.74) is 0.928. The fourth-order valence-corrected chi connectivity index (χ4v) is 1.48. The van der Waals surface area contributed by atoms with Gasteiger partial charge in [-0.05, 0) is 12.5 Å². The van der Waals surface area contributed by atoms with Gasteiger partial charge in [-0.25, -0.2) is 0 Å². The molecule has 0 unspecified atom stereocenters. The van der Waals surface area contributed by atoms with Crippen molar-refractivity contribution in [2.75, 3.05) is 26.4 Å². The lowest BCUT2D eigenvalue weighted by molar-refractivity contribution is 0.0864. The standard InChI is InChI=1S/C12H17N3O3/c1-15-9-10(8-13)7-11(15)12(17)14-3-2-5-18-6-4-16/h7,9,16H,2-6H2,1H3,(H,14,17). The minimum atomic E-state index is -0.207. The molecule has 0 fully saturated rings. The van der Waals surface area contributed by atoms with Crippen LogP contribution in [0, 0.1) is 11.3 Å². The van der Waals surface area contributed by atoms with Gasteiger partial charge in [-0.1, -0.05) is 0 Å². The third-order valence-electron chi connectivity index (χ3n) is 2.35. The molecule has 0 radical (unpaired) electrons. The number of hydrogen-bond donors (Lipinski definition) is 2. The summed E-state index contributed by atoms with van der Waals surface area (Å²) < 4.78 is 6.69. The maximum absolute atomic E-state index is 11.8. The Hall–Kier alpha value is -1.84. The average molecular weight is 251 g/mol. The van der Waals surface area contributed by atoms with Crippen molar-refractivity contribution < 1.29 is 14.6 Å². The number of aryl methyl sites for hydroxylation is 1. The zero-order chi connectivity index (χ0) is 13.4. The Balaban J connectivity index is 2.32. The highest BCUT2D eigenvalue weighted by Gasteiger charge is 2.10. The van der Waals surface area contributed by atoms with Gasteiger partial charge in [0.25, 0.3) is 5.91 Å². The summed E-state index contributed by atoms with van der Waals surface area (Å²) in [4.78, 5) is 11.8. The lowest BCUT2D eigenvalue weighted by atomic mass is 10.3. The van der Waals surface area contributed by atoms with Crippen LogP contribution in [0.25, 0.3) is 0 Å². The van der Waals surface area contributed by atoms with E-state index in [9.17, 15) is 4.79 Å². The van der Waals surface area contributed by atoms with E-state index in [4.69, 9.17) is 15.1 Å². The van der Waals surface area contributed by atoms with Crippen molar-refractivity contribution in [1.29, 1.82) is 5.26 Å². The second-order valence-electron chi connectivity index (χ2n) is 3.78. The zero-order valence-electron chi connectivity index (χ0n) is 10.3. The van der Waals surface area contributed by atoms with Crippen molar-refractivity contribution in [3.63, 3.8) is 0 Å². The van der Waals surface area contributed by atoms with Crippen LogP contribution in [0.3, 0.4) is 0 Å². The van der Waals surface area contributed by atoms with Crippen LogP contribution in [0.1, 0.15) is 22.5 Å². The Labute approximate surface area is 106 Å². The molecular formula is C12H17N3O3. The molecule has 1 amide bonds. The van der Waals surface area contributed by atoms with Crippen LogP contribution in [-0.4, -0.2) is 41.9 Å². The van der Waals surface area contributed by atoms with Crippen molar-refractivity contribution >= 4 is 5.91 Å². The first-order valence-corrected chi connectivity index (χ1v) is 5.72. The predicted octanol–water partition coefficient (Wildman–Crippen LogP) is 0.0256. The molecule has 18 heavy (non-hydrogen) atoms. The Bertz CT molecular complexity index is 434.